The lowest BCUT2D eigenvalue weighted by Crippen LogP contribution is -2.35. The van der Waals surface area contributed by atoms with Crippen LogP contribution in [0.15, 0.2) is 64.5 Å². The molecule has 1 aromatic carbocycles. The van der Waals surface area contributed by atoms with E-state index in [-0.39, 0.29) is 5.91 Å². The summed E-state index contributed by atoms with van der Waals surface area (Å²) in [7, 11) is 0. The molecule has 24 heavy (non-hydrogen) atoms. The van der Waals surface area contributed by atoms with Crippen molar-refractivity contribution in [1.82, 2.24) is 14.8 Å². The van der Waals surface area contributed by atoms with E-state index in [1.165, 1.54) is 0 Å². The zero-order chi connectivity index (χ0) is 16.5. The fourth-order valence-electron chi connectivity index (χ4n) is 2.63. The summed E-state index contributed by atoms with van der Waals surface area (Å²) in [5, 5.41) is 4.24. The van der Waals surface area contributed by atoms with Crippen molar-refractivity contribution >= 4 is 39.3 Å². The minimum absolute atomic E-state index is 0.00209. The van der Waals surface area contributed by atoms with Crippen LogP contribution in [0.5, 0.6) is 0 Å². The van der Waals surface area contributed by atoms with Crippen molar-refractivity contribution in [3.8, 4) is 5.69 Å². The van der Waals surface area contributed by atoms with E-state index >= 15 is 0 Å². The van der Waals surface area contributed by atoms with E-state index in [4.69, 9.17) is 0 Å². The van der Waals surface area contributed by atoms with Crippen molar-refractivity contribution < 1.29 is 4.79 Å². The van der Waals surface area contributed by atoms with Crippen LogP contribution >= 0.6 is 27.7 Å². The number of hydrogen-bond donors (Lipinski definition) is 0. The van der Waals surface area contributed by atoms with Crippen LogP contribution in [-0.4, -0.2) is 33.0 Å². The fraction of sp³-hybridized carbons (Fsp3) is 0.118. The van der Waals surface area contributed by atoms with Crippen molar-refractivity contribution in [1.29, 1.82) is 0 Å². The second kappa shape index (κ2) is 6.41. The van der Waals surface area contributed by atoms with Gasteiger partial charge in [0.15, 0.2) is 0 Å². The average Bonchev–Trinajstić information content (AvgIpc) is 3.07. The number of nitrogens with zero attached hydrogens (tertiary/aromatic N) is 4. The van der Waals surface area contributed by atoms with Gasteiger partial charge in [0.1, 0.15) is 0 Å². The highest BCUT2D eigenvalue weighted by Gasteiger charge is 2.24. The van der Waals surface area contributed by atoms with Gasteiger partial charge in [0.2, 0.25) is 0 Å². The topological polar surface area (TPSA) is 51.0 Å². The number of fused-ring (bicyclic) bond motifs is 1. The van der Waals surface area contributed by atoms with Gasteiger partial charge in [-0.05, 0) is 46.3 Å². The van der Waals surface area contributed by atoms with Gasteiger partial charge < -0.3 is 4.90 Å². The number of halogens is 1. The van der Waals surface area contributed by atoms with Crippen molar-refractivity contribution in [2.24, 2.45) is 0 Å². The molecule has 3 aromatic rings. The molecule has 0 atom stereocenters. The molecular weight excluding hydrogens is 388 g/mol. The zero-order valence-corrected chi connectivity index (χ0v) is 15.0. The normalized spacial score (nSPS) is 13.6. The summed E-state index contributed by atoms with van der Waals surface area (Å²) >= 11 is 5.14. The van der Waals surface area contributed by atoms with Crippen LogP contribution in [0.2, 0.25) is 0 Å². The van der Waals surface area contributed by atoms with Crippen LogP contribution in [0, 0.1) is 0 Å². The van der Waals surface area contributed by atoms with Crippen LogP contribution in [0.4, 0.5) is 5.69 Å². The van der Waals surface area contributed by atoms with Crippen molar-refractivity contribution in [3.63, 3.8) is 0 Å². The molecule has 1 aliphatic heterocycles. The molecule has 0 spiro atoms. The van der Waals surface area contributed by atoms with Gasteiger partial charge >= 0.3 is 0 Å². The number of thioether (sulfide) groups is 1. The van der Waals surface area contributed by atoms with E-state index in [2.05, 4.69) is 26.0 Å². The number of rotatable bonds is 2. The molecule has 0 aliphatic carbocycles. The Bertz CT molecular complexity index is 894. The maximum atomic E-state index is 12.9. The van der Waals surface area contributed by atoms with Crippen LogP contribution in [-0.2, 0) is 0 Å². The third-order valence-electron chi connectivity index (χ3n) is 3.80. The monoisotopic (exact) mass is 400 g/mol. The molecule has 0 saturated heterocycles. The maximum absolute atomic E-state index is 12.9. The summed E-state index contributed by atoms with van der Waals surface area (Å²) < 4.78 is 2.67. The Labute approximate surface area is 151 Å². The first-order valence-corrected chi connectivity index (χ1v) is 9.19. The molecule has 1 amide bonds. The SMILES string of the molecule is O=C(c1ccc(-n2cc(Br)cn2)cc1)N1CCSc2ccncc21. The molecule has 0 unspecified atom stereocenters. The number of carbonyl (C=O) groups is 1. The van der Waals surface area contributed by atoms with E-state index in [1.54, 1.807) is 39.9 Å². The molecule has 0 bridgehead atoms. The second-order valence-corrected chi connectivity index (χ2v) is 7.35. The lowest BCUT2D eigenvalue weighted by Gasteiger charge is -2.28. The summed E-state index contributed by atoms with van der Waals surface area (Å²) in [6, 6.07) is 9.43. The summed E-state index contributed by atoms with van der Waals surface area (Å²) in [6.45, 7) is 0.691. The Morgan fingerprint density at radius 2 is 2.00 bits per heavy atom. The summed E-state index contributed by atoms with van der Waals surface area (Å²) in [4.78, 5) is 19.9. The highest BCUT2D eigenvalue weighted by atomic mass is 79.9. The first-order valence-electron chi connectivity index (χ1n) is 7.42. The van der Waals surface area contributed by atoms with Crippen LogP contribution in [0.3, 0.4) is 0 Å². The minimum Gasteiger partial charge on any atom is -0.305 e. The van der Waals surface area contributed by atoms with Crippen LogP contribution in [0.1, 0.15) is 10.4 Å². The lowest BCUT2D eigenvalue weighted by atomic mass is 10.1. The Morgan fingerprint density at radius 1 is 1.17 bits per heavy atom. The Balaban J connectivity index is 1.61. The molecule has 3 heterocycles. The Morgan fingerprint density at radius 3 is 2.75 bits per heavy atom. The third-order valence-corrected chi connectivity index (χ3v) is 5.25. The molecule has 4 rings (SSSR count). The maximum Gasteiger partial charge on any atom is 0.258 e. The lowest BCUT2D eigenvalue weighted by molar-refractivity contribution is 0.0987. The average molecular weight is 401 g/mol. The van der Waals surface area contributed by atoms with Gasteiger partial charge in [-0.1, -0.05) is 0 Å². The highest BCUT2D eigenvalue weighted by Crippen LogP contribution is 2.34. The van der Waals surface area contributed by atoms with E-state index in [1.807, 2.05) is 36.5 Å². The molecule has 7 heteroatoms. The predicted molar refractivity (Wildman–Crippen MR) is 97.9 cm³/mol. The van der Waals surface area contributed by atoms with Gasteiger partial charge in [-0.2, -0.15) is 5.10 Å². The number of amides is 1. The van der Waals surface area contributed by atoms with Gasteiger partial charge in [-0.25, -0.2) is 4.68 Å². The number of pyridine rings is 1. The Kier molecular flexibility index (Phi) is 4.12. The smallest absolute Gasteiger partial charge is 0.258 e. The molecule has 0 saturated carbocycles. The first-order chi connectivity index (χ1) is 11.7. The molecule has 120 valence electrons. The number of aromatic nitrogens is 3. The standard InChI is InChI=1S/C17H13BrN4OS/c18-13-9-20-22(11-13)14-3-1-12(2-4-14)17(23)21-7-8-24-16-5-6-19-10-15(16)21/h1-6,9-11H,7-8H2. The van der Waals surface area contributed by atoms with Crippen molar-refractivity contribution in [2.75, 3.05) is 17.2 Å². The minimum atomic E-state index is -0.00209. The summed E-state index contributed by atoms with van der Waals surface area (Å²) in [6.07, 6.45) is 7.13. The van der Waals surface area contributed by atoms with Gasteiger partial charge in [-0.3, -0.25) is 9.78 Å². The molecule has 0 N–H and O–H groups in total. The van der Waals surface area contributed by atoms with Gasteiger partial charge in [0.25, 0.3) is 5.91 Å². The molecule has 2 aromatic heterocycles. The van der Waals surface area contributed by atoms with Crippen LogP contribution in [0.25, 0.3) is 5.69 Å². The number of carbonyl (C=O) groups excluding carboxylic acids is 1. The van der Waals surface area contributed by atoms with E-state index in [0.29, 0.717) is 12.1 Å². The number of hydrogen-bond acceptors (Lipinski definition) is 4. The highest BCUT2D eigenvalue weighted by molar-refractivity contribution is 9.10. The van der Waals surface area contributed by atoms with Crippen molar-refractivity contribution in [2.45, 2.75) is 4.90 Å². The first kappa shape index (κ1) is 15.4. The van der Waals surface area contributed by atoms with Crippen molar-refractivity contribution in [3.05, 3.63) is 65.2 Å². The zero-order valence-electron chi connectivity index (χ0n) is 12.6. The van der Waals surface area contributed by atoms with E-state index in [0.717, 1.165) is 26.5 Å². The summed E-state index contributed by atoms with van der Waals surface area (Å²) in [5.74, 6) is 0.889. The second-order valence-electron chi connectivity index (χ2n) is 5.30. The molecule has 0 fully saturated rings. The van der Waals surface area contributed by atoms with E-state index in [9.17, 15) is 4.79 Å². The molecular formula is C17H13BrN4OS. The molecule has 1 aliphatic rings. The fourth-order valence-corrected chi connectivity index (χ4v) is 3.88. The number of benzene rings is 1. The largest absolute Gasteiger partial charge is 0.305 e. The predicted octanol–water partition coefficient (Wildman–Crippen LogP) is 3.78. The van der Waals surface area contributed by atoms with Crippen LogP contribution < -0.4 is 4.90 Å². The van der Waals surface area contributed by atoms with Gasteiger partial charge in [0, 0.05) is 35.2 Å². The third kappa shape index (κ3) is 2.85. The molecule has 0 radical (unpaired) electrons. The Hall–Kier alpha value is -2.12. The van der Waals surface area contributed by atoms with E-state index < -0.39 is 0 Å². The molecule has 5 nitrogen and oxygen atoms in total. The number of anilines is 1. The quantitative estimate of drug-likeness (QED) is 0.656. The van der Waals surface area contributed by atoms with Gasteiger partial charge in [-0.15, -0.1) is 11.8 Å². The summed E-state index contributed by atoms with van der Waals surface area (Å²) in [5.41, 5.74) is 2.46. The van der Waals surface area contributed by atoms with Gasteiger partial charge in [0.05, 0.1) is 28.2 Å².